The Labute approximate surface area is 289 Å². The topological polar surface area (TPSA) is 59.6 Å². The van der Waals surface area contributed by atoms with Crippen molar-refractivity contribution >= 4 is 29.0 Å². The Morgan fingerprint density at radius 1 is 0.957 bits per heavy atom. The van der Waals surface area contributed by atoms with Crippen LogP contribution in [0.2, 0.25) is 0 Å². The summed E-state index contributed by atoms with van der Waals surface area (Å²) in [4.78, 5) is 1.92. The summed E-state index contributed by atoms with van der Waals surface area (Å²) in [5.74, 6) is 1.72. The Kier molecular flexibility index (Phi) is 11.5. The molecule has 5 rings (SSSR count). The van der Waals surface area contributed by atoms with Crippen molar-refractivity contribution in [1.29, 1.82) is 0 Å². The first-order valence-corrected chi connectivity index (χ1v) is 18.2. The fourth-order valence-corrected chi connectivity index (χ4v) is 7.69. The number of anilines is 1. The lowest BCUT2D eigenvalue weighted by Crippen LogP contribution is -2.39. The molecule has 4 aromatic carbocycles. The first-order valence-electron chi connectivity index (χ1n) is 16.3. The molecule has 0 bridgehead atoms. The van der Waals surface area contributed by atoms with Gasteiger partial charge in [0.1, 0.15) is 22.7 Å². The van der Waals surface area contributed by atoms with E-state index in [0.29, 0.717) is 22.4 Å². The third kappa shape index (κ3) is 9.48. The van der Waals surface area contributed by atoms with Crippen LogP contribution in [-0.2, 0) is 11.4 Å². The molecule has 0 spiro atoms. The van der Waals surface area contributed by atoms with Crippen molar-refractivity contribution in [2.45, 2.75) is 74.7 Å². The summed E-state index contributed by atoms with van der Waals surface area (Å²) in [6.45, 7) is 20.3. The molecule has 7 heteroatoms. The zero-order valence-electron chi connectivity index (χ0n) is 28.2. The van der Waals surface area contributed by atoms with Crippen molar-refractivity contribution in [1.82, 2.24) is 9.03 Å². The average Bonchev–Trinajstić information content (AvgIpc) is 3.05. The Balaban J connectivity index is 1.19. The summed E-state index contributed by atoms with van der Waals surface area (Å²) >= 11 is 0.380. The predicted molar refractivity (Wildman–Crippen MR) is 200 cm³/mol. The average molecular weight is 666 g/mol. The molecule has 2 N–H and O–H groups in total. The molecular formula is C40H47N3O2S2. The molecule has 47 heavy (non-hydrogen) atoms. The Bertz CT molecular complexity index is 1670. The third-order valence-electron chi connectivity index (χ3n) is 8.43. The lowest BCUT2D eigenvalue weighted by Gasteiger charge is -2.33. The molecule has 0 aromatic heterocycles. The van der Waals surface area contributed by atoms with Crippen LogP contribution in [0.4, 0.5) is 5.69 Å². The summed E-state index contributed by atoms with van der Waals surface area (Å²) in [7, 11) is 0. The van der Waals surface area contributed by atoms with Crippen LogP contribution in [0.25, 0.3) is 11.1 Å². The fraction of sp³-hybridized carbons (Fsp3) is 0.300. The number of ether oxygens (including phenoxy) is 1. The lowest BCUT2D eigenvalue weighted by molar-refractivity contribution is 0.144. The van der Waals surface area contributed by atoms with E-state index in [1.165, 1.54) is 27.1 Å². The molecule has 2 atom stereocenters. The van der Waals surface area contributed by atoms with E-state index >= 15 is 0 Å². The van der Waals surface area contributed by atoms with E-state index in [1.54, 1.807) is 0 Å². The quantitative estimate of drug-likeness (QED) is 0.109. The predicted octanol–water partition coefficient (Wildman–Crippen LogP) is 10.3. The van der Waals surface area contributed by atoms with Crippen LogP contribution in [0, 0.1) is 0 Å². The van der Waals surface area contributed by atoms with Gasteiger partial charge in [-0.05, 0) is 128 Å². The molecule has 1 fully saturated rings. The van der Waals surface area contributed by atoms with Crippen LogP contribution >= 0.6 is 11.9 Å². The van der Waals surface area contributed by atoms with Gasteiger partial charge in [0.05, 0.1) is 5.70 Å². The van der Waals surface area contributed by atoms with Gasteiger partial charge >= 0.3 is 0 Å². The third-order valence-corrected chi connectivity index (χ3v) is 10.6. The van der Waals surface area contributed by atoms with Gasteiger partial charge in [-0.2, -0.15) is 0 Å². The molecule has 2 unspecified atom stereocenters. The summed E-state index contributed by atoms with van der Waals surface area (Å²) < 4.78 is 25.1. The maximum Gasteiger partial charge on any atom is 0.180 e. The standard InChI is InChI=1S/C40H47N3O2S2/c1-28(2)31-16-18-32(19-17-31)34-12-9-15-38(26-34)46-43-24-10-13-35(27-43)33-11-8-14-37(25-33)45-40(6,7)30(5)42-47(44)39-22-20-36(21-23-39)41-29(3)4/h8-9,11-12,14-23,25-26,28,35,41-42H,3,5,10,13,24,27H2,1-2,4,6-7H3. The van der Waals surface area contributed by atoms with Crippen LogP contribution in [0.5, 0.6) is 5.75 Å². The number of hydrogen-bond donors (Lipinski definition) is 2. The molecule has 5 nitrogen and oxygen atoms in total. The van der Waals surface area contributed by atoms with Gasteiger partial charge in [-0.1, -0.05) is 75.5 Å². The summed E-state index contributed by atoms with van der Waals surface area (Å²) in [6.07, 6.45) is 2.28. The number of allylic oxidation sites excluding steroid dienone is 1. The highest BCUT2D eigenvalue weighted by atomic mass is 32.2. The number of hydrogen-bond acceptors (Lipinski definition) is 6. The summed E-state index contributed by atoms with van der Waals surface area (Å²) in [6, 6.07) is 33.6. The molecule has 4 aromatic rings. The van der Waals surface area contributed by atoms with E-state index in [1.807, 2.05) is 63.1 Å². The van der Waals surface area contributed by atoms with Gasteiger partial charge < -0.3 is 14.6 Å². The van der Waals surface area contributed by atoms with Gasteiger partial charge in [0, 0.05) is 29.4 Å². The van der Waals surface area contributed by atoms with Crippen molar-refractivity contribution in [3.05, 3.63) is 133 Å². The lowest BCUT2D eigenvalue weighted by atomic mass is 9.91. The van der Waals surface area contributed by atoms with Gasteiger partial charge in [-0.15, -0.1) is 0 Å². The van der Waals surface area contributed by atoms with Crippen molar-refractivity contribution in [2.75, 3.05) is 18.4 Å². The maximum absolute atomic E-state index is 13.1. The summed E-state index contributed by atoms with van der Waals surface area (Å²) in [5, 5.41) is 3.16. The number of piperidine rings is 1. The zero-order valence-corrected chi connectivity index (χ0v) is 29.8. The van der Waals surface area contributed by atoms with Gasteiger partial charge in [0.15, 0.2) is 4.90 Å². The number of nitrogens with zero attached hydrogens (tertiary/aromatic N) is 1. The molecule has 0 aliphatic carbocycles. The highest BCUT2D eigenvalue weighted by Gasteiger charge is 2.29. The first-order chi connectivity index (χ1) is 22.5. The van der Waals surface area contributed by atoms with E-state index in [4.69, 9.17) is 4.74 Å². The second kappa shape index (κ2) is 15.5. The highest BCUT2D eigenvalue weighted by Crippen LogP contribution is 2.36. The number of benzene rings is 4. The van der Waals surface area contributed by atoms with Gasteiger partial charge in [0.25, 0.3) is 0 Å². The van der Waals surface area contributed by atoms with E-state index in [0.717, 1.165) is 43.1 Å². The molecule has 0 amide bonds. The molecular weight excluding hydrogens is 619 g/mol. The van der Waals surface area contributed by atoms with Crippen LogP contribution in [0.3, 0.4) is 0 Å². The zero-order chi connectivity index (χ0) is 33.6. The minimum Gasteiger partial charge on any atom is -0.588 e. The van der Waals surface area contributed by atoms with Crippen molar-refractivity contribution in [2.24, 2.45) is 0 Å². The van der Waals surface area contributed by atoms with Crippen LogP contribution in [0.15, 0.2) is 131 Å². The molecule has 1 heterocycles. The Morgan fingerprint density at radius 3 is 2.38 bits per heavy atom. The van der Waals surface area contributed by atoms with E-state index in [9.17, 15) is 4.55 Å². The number of rotatable bonds is 13. The highest BCUT2D eigenvalue weighted by molar-refractivity contribution is 7.97. The maximum atomic E-state index is 13.1. The molecule has 1 aliphatic rings. The fourth-order valence-electron chi connectivity index (χ4n) is 5.63. The minimum atomic E-state index is -1.47. The van der Waals surface area contributed by atoms with Gasteiger partial charge in [0.2, 0.25) is 0 Å². The number of nitrogens with one attached hydrogen (secondary N) is 2. The second-order valence-electron chi connectivity index (χ2n) is 13.1. The van der Waals surface area contributed by atoms with Gasteiger partial charge in [-0.25, -0.2) is 9.03 Å². The van der Waals surface area contributed by atoms with Crippen LogP contribution < -0.4 is 14.8 Å². The monoisotopic (exact) mass is 665 g/mol. The van der Waals surface area contributed by atoms with Crippen molar-refractivity contribution in [3.63, 3.8) is 0 Å². The minimum absolute atomic E-state index is 0.408. The summed E-state index contributed by atoms with van der Waals surface area (Å²) in [5.41, 5.74) is 6.64. The smallest absolute Gasteiger partial charge is 0.180 e. The second-order valence-corrected chi connectivity index (χ2v) is 15.5. The van der Waals surface area contributed by atoms with E-state index in [2.05, 4.69) is 108 Å². The molecule has 0 saturated carbocycles. The molecule has 0 radical (unpaired) electrons. The van der Waals surface area contributed by atoms with Crippen molar-refractivity contribution in [3.8, 4) is 16.9 Å². The molecule has 1 saturated heterocycles. The molecule has 1 aliphatic heterocycles. The van der Waals surface area contributed by atoms with Crippen LogP contribution in [0.1, 0.15) is 70.4 Å². The SMILES string of the molecule is C=C(C)Nc1ccc([S+]([O-])NC(=C)C(C)(C)Oc2cccc(C3CCCN(Sc4cccc(-c5ccc(C(C)C)cc5)c4)C3)c2)cc1. The Morgan fingerprint density at radius 2 is 1.68 bits per heavy atom. The Hall–Kier alpha value is -3.62. The van der Waals surface area contributed by atoms with Crippen LogP contribution in [-0.4, -0.2) is 27.5 Å². The van der Waals surface area contributed by atoms with Gasteiger partial charge in [-0.3, -0.25) is 0 Å². The van der Waals surface area contributed by atoms with E-state index < -0.39 is 17.0 Å². The van der Waals surface area contributed by atoms with E-state index in [-0.39, 0.29) is 0 Å². The van der Waals surface area contributed by atoms with Crippen molar-refractivity contribution < 1.29 is 9.29 Å². The molecule has 246 valence electrons. The normalized spacial score (nSPS) is 16.0. The first kappa shape index (κ1) is 34.7. The largest absolute Gasteiger partial charge is 0.588 e.